The number of hydrogen-bond donors (Lipinski definition) is 2. The molecule has 1 aromatic carbocycles. The number of rotatable bonds is 4. The third-order valence-corrected chi connectivity index (χ3v) is 5.96. The average molecular weight is 376 g/mol. The number of aryl methyl sites for hydroxylation is 1. The van der Waals surface area contributed by atoms with Crippen molar-refractivity contribution in [3.8, 4) is 0 Å². The average Bonchev–Trinajstić information content (AvgIpc) is 2.69. The van der Waals surface area contributed by atoms with Crippen molar-refractivity contribution in [3.05, 3.63) is 44.6 Å². The number of aliphatic hydroxyl groups excluding tert-OH is 1. The van der Waals surface area contributed by atoms with Gasteiger partial charge in [0.25, 0.3) is 10.0 Å². The fourth-order valence-electron chi connectivity index (χ4n) is 1.85. The van der Waals surface area contributed by atoms with Gasteiger partial charge in [-0.2, -0.15) is 0 Å². The molecule has 0 fully saturated rings. The smallest absolute Gasteiger partial charge is 0.263 e. The van der Waals surface area contributed by atoms with Crippen LogP contribution in [-0.2, 0) is 10.0 Å². The molecular formula is C13H14BrNO3S2. The number of anilines is 1. The van der Waals surface area contributed by atoms with Gasteiger partial charge in [-0.05, 0) is 41.9 Å². The third kappa shape index (κ3) is 3.22. The maximum absolute atomic E-state index is 12.4. The molecule has 0 aliphatic carbocycles. The van der Waals surface area contributed by atoms with Crippen LogP contribution < -0.4 is 4.72 Å². The molecule has 108 valence electrons. The molecule has 0 saturated heterocycles. The zero-order valence-corrected chi connectivity index (χ0v) is 14.1. The first-order valence-corrected chi connectivity index (χ1v) is 8.96. The SMILES string of the molecule is Cc1sc(Br)cc1S(=O)(=O)Nc1ccccc1C(C)O. The summed E-state index contributed by atoms with van der Waals surface area (Å²) in [5.41, 5.74) is 0.937. The van der Waals surface area contributed by atoms with Gasteiger partial charge in [-0.25, -0.2) is 8.42 Å². The number of nitrogens with one attached hydrogen (secondary N) is 1. The van der Waals surface area contributed by atoms with Crippen molar-refractivity contribution in [1.29, 1.82) is 0 Å². The first-order chi connectivity index (χ1) is 9.31. The van der Waals surface area contributed by atoms with Gasteiger partial charge in [0.2, 0.25) is 0 Å². The van der Waals surface area contributed by atoms with Crippen molar-refractivity contribution >= 4 is 43.0 Å². The molecule has 1 aromatic heterocycles. The minimum atomic E-state index is -3.66. The Bertz CT molecular complexity index is 723. The van der Waals surface area contributed by atoms with E-state index in [1.165, 1.54) is 11.3 Å². The van der Waals surface area contributed by atoms with Crippen LogP contribution in [0, 0.1) is 6.92 Å². The molecular weight excluding hydrogens is 362 g/mol. The molecule has 0 spiro atoms. The van der Waals surface area contributed by atoms with Crippen molar-refractivity contribution in [1.82, 2.24) is 0 Å². The van der Waals surface area contributed by atoms with E-state index in [4.69, 9.17) is 0 Å². The monoisotopic (exact) mass is 375 g/mol. The Hall–Kier alpha value is -0.890. The Morgan fingerprint density at radius 1 is 1.35 bits per heavy atom. The quantitative estimate of drug-likeness (QED) is 0.856. The largest absolute Gasteiger partial charge is 0.389 e. The molecule has 4 nitrogen and oxygen atoms in total. The van der Waals surface area contributed by atoms with Crippen molar-refractivity contribution in [2.75, 3.05) is 4.72 Å². The molecule has 1 unspecified atom stereocenters. The van der Waals surface area contributed by atoms with Gasteiger partial charge in [0.05, 0.1) is 15.6 Å². The summed E-state index contributed by atoms with van der Waals surface area (Å²) in [4.78, 5) is 0.952. The summed E-state index contributed by atoms with van der Waals surface area (Å²) in [7, 11) is -3.66. The molecule has 2 N–H and O–H groups in total. The highest BCUT2D eigenvalue weighted by Crippen LogP contribution is 2.32. The lowest BCUT2D eigenvalue weighted by molar-refractivity contribution is 0.200. The van der Waals surface area contributed by atoms with Crippen molar-refractivity contribution in [2.24, 2.45) is 0 Å². The van der Waals surface area contributed by atoms with Crippen LogP contribution in [0.1, 0.15) is 23.5 Å². The van der Waals surface area contributed by atoms with Crippen LogP contribution in [0.25, 0.3) is 0 Å². The van der Waals surface area contributed by atoms with Crippen LogP contribution in [-0.4, -0.2) is 13.5 Å². The summed E-state index contributed by atoms with van der Waals surface area (Å²) in [5, 5.41) is 9.69. The summed E-state index contributed by atoms with van der Waals surface area (Å²) in [6, 6.07) is 8.38. The van der Waals surface area contributed by atoms with Crippen molar-refractivity contribution in [3.63, 3.8) is 0 Å². The highest BCUT2D eigenvalue weighted by Gasteiger charge is 2.21. The Morgan fingerprint density at radius 3 is 2.55 bits per heavy atom. The van der Waals surface area contributed by atoms with Crippen molar-refractivity contribution in [2.45, 2.75) is 24.8 Å². The fourth-order valence-corrected chi connectivity index (χ4v) is 5.35. The van der Waals surface area contributed by atoms with Gasteiger partial charge in [-0.1, -0.05) is 18.2 Å². The van der Waals surface area contributed by atoms with Gasteiger partial charge in [-0.3, -0.25) is 4.72 Å². The minimum Gasteiger partial charge on any atom is -0.389 e. The van der Waals surface area contributed by atoms with E-state index in [2.05, 4.69) is 20.7 Å². The molecule has 1 atom stereocenters. The zero-order chi connectivity index (χ0) is 14.9. The van der Waals surface area contributed by atoms with E-state index in [0.717, 1.165) is 3.79 Å². The van der Waals surface area contributed by atoms with Gasteiger partial charge < -0.3 is 5.11 Å². The lowest BCUT2D eigenvalue weighted by atomic mass is 10.1. The number of hydrogen-bond acceptors (Lipinski definition) is 4. The molecule has 0 aliphatic rings. The molecule has 7 heteroatoms. The first-order valence-electron chi connectivity index (χ1n) is 5.87. The molecule has 1 heterocycles. The van der Waals surface area contributed by atoms with Crippen LogP contribution in [0.2, 0.25) is 0 Å². The standard InChI is InChI=1S/C13H14BrNO3S2/c1-8(16)10-5-3-4-6-11(10)15-20(17,18)12-7-13(14)19-9(12)2/h3-8,15-16H,1-2H3. The van der Waals surface area contributed by atoms with E-state index in [-0.39, 0.29) is 4.90 Å². The second-order valence-electron chi connectivity index (χ2n) is 4.34. The van der Waals surface area contributed by atoms with Crippen LogP contribution in [0.3, 0.4) is 0 Å². The molecule has 20 heavy (non-hydrogen) atoms. The van der Waals surface area contributed by atoms with Crippen LogP contribution >= 0.6 is 27.3 Å². The second kappa shape index (κ2) is 5.85. The van der Waals surface area contributed by atoms with E-state index in [0.29, 0.717) is 16.1 Å². The fraction of sp³-hybridized carbons (Fsp3) is 0.231. The predicted octanol–water partition coefficient (Wildman–Crippen LogP) is 3.67. The maximum Gasteiger partial charge on any atom is 0.263 e. The summed E-state index contributed by atoms with van der Waals surface area (Å²) in [6.07, 6.45) is -0.746. The van der Waals surface area contributed by atoms with E-state index in [1.54, 1.807) is 44.2 Å². The number of aliphatic hydroxyl groups is 1. The Labute approximate surface area is 130 Å². The number of benzene rings is 1. The first kappa shape index (κ1) is 15.5. The molecule has 0 radical (unpaired) electrons. The summed E-state index contributed by atoms with van der Waals surface area (Å²) in [6.45, 7) is 3.35. The van der Waals surface area contributed by atoms with Gasteiger partial charge in [0.15, 0.2) is 0 Å². The minimum absolute atomic E-state index is 0.245. The summed E-state index contributed by atoms with van der Waals surface area (Å²) < 4.78 is 28.1. The van der Waals surface area contributed by atoms with Crippen LogP contribution in [0.15, 0.2) is 39.0 Å². The highest BCUT2D eigenvalue weighted by atomic mass is 79.9. The Morgan fingerprint density at radius 2 is 2.00 bits per heavy atom. The zero-order valence-electron chi connectivity index (χ0n) is 10.9. The molecule has 2 aromatic rings. The predicted molar refractivity (Wildman–Crippen MR) is 84.6 cm³/mol. The topological polar surface area (TPSA) is 66.4 Å². The molecule has 2 rings (SSSR count). The number of sulfonamides is 1. The molecule has 0 aliphatic heterocycles. The lowest BCUT2D eigenvalue weighted by Crippen LogP contribution is -2.15. The van der Waals surface area contributed by atoms with Gasteiger partial charge >= 0.3 is 0 Å². The molecule has 0 saturated carbocycles. The van der Waals surface area contributed by atoms with Gasteiger partial charge in [0, 0.05) is 10.4 Å². The van der Waals surface area contributed by atoms with E-state index in [9.17, 15) is 13.5 Å². The maximum atomic E-state index is 12.4. The van der Waals surface area contributed by atoms with E-state index in [1.807, 2.05) is 0 Å². The van der Waals surface area contributed by atoms with E-state index >= 15 is 0 Å². The van der Waals surface area contributed by atoms with Gasteiger partial charge in [0.1, 0.15) is 4.90 Å². The Kier molecular flexibility index (Phi) is 4.53. The second-order valence-corrected chi connectivity index (χ2v) is 8.63. The Balaban J connectivity index is 2.41. The number of para-hydroxylation sites is 1. The lowest BCUT2D eigenvalue weighted by Gasteiger charge is -2.14. The van der Waals surface area contributed by atoms with E-state index < -0.39 is 16.1 Å². The molecule has 0 amide bonds. The summed E-state index contributed by atoms with van der Waals surface area (Å²) >= 11 is 4.65. The normalized spacial score (nSPS) is 13.2. The van der Waals surface area contributed by atoms with Gasteiger partial charge in [-0.15, -0.1) is 11.3 Å². The molecule has 0 bridgehead atoms. The van der Waals surface area contributed by atoms with Crippen LogP contribution in [0.4, 0.5) is 5.69 Å². The third-order valence-electron chi connectivity index (χ3n) is 2.79. The van der Waals surface area contributed by atoms with Crippen molar-refractivity contribution < 1.29 is 13.5 Å². The number of halogens is 1. The summed E-state index contributed by atoms with van der Waals surface area (Å²) in [5.74, 6) is 0. The van der Waals surface area contributed by atoms with Crippen LogP contribution in [0.5, 0.6) is 0 Å². The number of thiophene rings is 1. The highest BCUT2D eigenvalue weighted by molar-refractivity contribution is 9.11.